The molecule has 0 bridgehead atoms. The SMILES string of the molecule is CN(C(=O)OC(C)(C)C)C1CCN(Cc2c(F)ccc(Br)c2F)C1. The Bertz CT molecular complexity index is 619. The summed E-state index contributed by atoms with van der Waals surface area (Å²) in [5, 5.41) is 0. The van der Waals surface area contributed by atoms with E-state index in [1.165, 1.54) is 12.1 Å². The molecule has 1 fully saturated rings. The highest BCUT2D eigenvalue weighted by Gasteiger charge is 2.31. The molecule has 0 radical (unpaired) electrons. The Morgan fingerprint density at radius 3 is 2.71 bits per heavy atom. The maximum Gasteiger partial charge on any atom is 0.410 e. The third-order valence-electron chi connectivity index (χ3n) is 4.00. The van der Waals surface area contributed by atoms with Gasteiger partial charge in [-0.3, -0.25) is 4.90 Å². The van der Waals surface area contributed by atoms with Crippen molar-refractivity contribution in [3.63, 3.8) is 0 Å². The van der Waals surface area contributed by atoms with Gasteiger partial charge in [-0.15, -0.1) is 0 Å². The number of halogens is 3. The van der Waals surface area contributed by atoms with E-state index >= 15 is 0 Å². The fourth-order valence-corrected chi connectivity index (χ4v) is 3.06. The molecule has 1 saturated heterocycles. The molecule has 24 heavy (non-hydrogen) atoms. The minimum absolute atomic E-state index is 0.0295. The number of rotatable bonds is 3. The predicted octanol–water partition coefficient (Wildman–Crippen LogP) is 4.17. The fourth-order valence-electron chi connectivity index (χ4n) is 2.69. The quantitative estimate of drug-likeness (QED) is 0.708. The first-order chi connectivity index (χ1) is 11.1. The van der Waals surface area contributed by atoms with Crippen LogP contribution in [0.25, 0.3) is 0 Å². The second kappa shape index (κ2) is 7.35. The van der Waals surface area contributed by atoms with Crippen molar-refractivity contribution in [2.75, 3.05) is 20.1 Å². The molecule has 134 valence electrons. The first-order valence-corrected chi connectivity index (χ1v) is 8.68. The Hall–Kier alpha value is -1.21. The molecule has 7 heteroatoms. The van der Waals surface area contributed by atoms with Crippen molar-refractivity contribution in [1.29, 1.82) is 0 Å². The number of likely N-dealkylation sites (tertiary alicyclic amines) is 1. The van der Waals surface area contributed by atoms with Crippen molar-refractivity contribution >= 4 is 22.0 Å². The molecule has 1 atom stereocenters. The van der Waals surface area contributed by atoms with E-state index in [0.717, 1.165) is 6.42 Å². The van der Waals surface area contributed by atoms with E-state index in [1.807, 2.05) is 25.7 Å². The summed E-state index contributed by atoms with van der Waals surface area (Å²) < 4.78 is 33.6. The fraction of sp³-hybridized carbons (Fsp3) is 0.588. The minimum Gasteiger partial charge on any atom is -0.444 e. The van der Waals surface area contributed by atoms with Crippen LogP contribution in [0, 0.1) is 11.6 Å². The average Bonchev–Trinajstić information content (AvgIpc) is 2.93. The van der Waals surface area contributed by atoms with Crippen LogP contribution in [0.3, 0.4) is 0 Å². The van der Waals surface area contributed by atoms with Crippen LogP contribution in [0.4, 0.5) is 13.6 Å². The molecule has 0 N–H and O–H groups in total. The summed E-state index contributed by atoms with van der Waals surface area (Å²) in [7, 11) is 1.70. The van der Waals surface area contributed by atoms with E-state index in [2.05, 4.69) is 15.9 Å². The van der Waals surface area contributed by atoms with Crippen molar-refractivity contribution in [3.05, 3.63) is 33.8 Å². The molecule has 0 aromatic heterocycles. The smallest absolute Gasteiger partial charge is 0.410 e. The maximum atomic E-state index is 14.1. The minimum atomic E-state index is -0.570. The third-order valence-corrected chi connectivity index (χ3v) is 4.61. The number of ether oxygens (including phenoxy) is 1. The van der Waals surface area contributed by atoms with Crippen LogP contribution < -0.4 is 0 Å². The zero-order valence-electron chi connectivity index (χ0n) is 14.4. The zero-order chi connectivity index (χ0) is 18.1. The Kier molecular flexibility index (Phi) is 5.86. The number of amides is 1. The topological polar surface area (TPSA) is 32.8 Å². The van der Waals surface area contributed by atoms with Gasteiger partial charge in [0.15, 0.2) is 0 Å². The molecule has 1 unspecified atom stereocenters. The van der Waals surface area contributed by atoms with Crippen LogP contribution >= 0.6 is 15.9 Å². The van der Waals surface area contributed by atoms with Gasteiger partial charge in [0.05, 0.1) is 4.47 Å². The van der Waals surface area contributed by atoms with Gasteiger partial charge in [0.25, 0.3) is 0 Å². The Morgan fingerprint density at radius 2 is 2.08 bits per heavy atom. The average molecular weight is 405 g/mol. The standard InChI is InChI=1S/C17H23BrF2N2O2/c1-17(2,3)24-16(23)21(4)11-7-8-22(9-11)10-12-14(19)6-5-13(18)15(12)20/h5-6,11H,7-10H2,1-4H3. The predicted molar refractivity (Wildman–Crippen MR) is 91.7 cm³/mol. The van der Waals surface area contributed by atoms with Crippen LogP contribution in [-0.2, 0) is 11.3 Å². The molecule has 1 heterocycles. The van der Waals surface area contributed by atoms with Gasteiger partial charge in [0, 0.05) is 38.3 Å². The van der Waals surface area contributed by atoms with E-state index in [0.29, 0.717) is 13.1 Å². The number of likely N-dealkylation sites (N-methyl/N-ethyl adjacent to an activating group) is 1. The highest BCUT2D eigenvalue weighted by molar-refractivity contribution is 9.10. The van der Waals surface area contributed by atoms with Gasteiger partial charge >= 0.3 is 6.09 Å². The normalized spacial score (nSPS) is 18.7. The van der Waals surface area contributed by atoms with Crippen molar-refractivity contribution in [2.24, 2.45) is 0 Å². The van der Waals surface area contributed by atoms with Gasteiger partial charge in [0.2, 0.25) is 0 Å². The van der Waals surface area contributed by atoms with E-state index < -0.39 is 17.2 Å². The van der Waals surface area contributed by atoms with E-state index in [9.17, 15) is 13.6 Å². The monoisotopic (exact) mass is 404 g/mol. The molecule has 1 aromatic rings. The molecule has 0 aliphatic carbocycles. The molecule has 0 spiro atoms. The molecular weight excluding hydrogens is 382 g/mol. The molecule has 2 rings (SSSR count). The summed E-state index contributed by atoms with van der Waals surface area (Å²) in [6.07, 6.45) is 0.363. The zero-order valence-corrected chi connectivity index (χ0v) is 16.0. The first-order valence-electron chi connectivity index (χ1n) is 7.89. The lowest BCUT2D eigenvalue weighted by molar-refractivity contribution is 0.0228. The van der Waals surface area contributed by atoms with Crippen LogP contribution in [0.2, 0.25) is 0 Å². The molecule has 1 aromatic carbocycles. The van der Waals surface area contributed by atoms with Gasteiger partial charge in [-0.25, -0.2) is 13.6 Å². The van der Waals surface area contributed by atoms with E-state index in [-0.39, 0.29) is 28.7 Å². The van der Waals surface area contributed by atoms with Gasteiger partial charge in [-0.2, -0.15) is 0 Å². The number of carbonyl (C=O) groups excluding carboxylic acids is 1. The lowest BCUT2D eigenvalue weighted by atomic mass is 10.2. The second-order valence-corrected chi connectivity index (χ2v) is 7.94. The molecule has 1 aliphatic rings. The van der Waals surface area contributed by atoms with Gasteiger partial charge in [0.1, 0.15) is 17.2 Å². The number of carbonyl (C=O) groups is 1. The van der Waals surface area contributed by atoms with Crippen LogP contribution in [0.5, 0.6) is 0 Å². The lowest BCUT2D eigenvalue weighted by Gasteiger charge is -2.28. The molecule has 4 nitrogen and oxygen atoms in total. The Balaban J connectivity index is 1.99. The van der Waals surface area contributed by atoms with Crippen molar-refractivity contribution in [3.8, 4) is 0 Å². The number of hydrogen-bond donors (Lipinski definition) is 0. The van der Waals surface area contributed by atoms with Crippen LogP contribution in [0.15, 0.2) is 16.6 Å². The van der Waals surface area contributed by atoms with E-state index in [1.54, 1.807) is 11.9 Å². The molecule has 1 amide bonds. The second-order valence-electron chi connectivity index (χ2n) is 7.09. The van der Waals surface area contributed by atoms with Gasteiger partial charge in [-0.05, 0) is 55.3 Å². The summed E-state index contributed by atoms with van der Waals surface area (Å²) in [4.78, 5) is 15.6. The van der Waals surface area contributed by atoms with Gasteiger partial charge in [-0.1, -0.05) is 0 Å². The third kappa shape index (κ3) is 4.66. The number of nitrogens with zero attached hydrogens (tertiary/aromatic N) is 2. The summed E-state index contributed by atoms with van der Waals surface area (Å²) in [5.74, 6) is -1.13. The molecule has 0 saturated carbocycles. The van der Waals surface area contributed by atoms with Crippen molar-refractivity contribution in [1.82, 2.24) is 9.80 Å². The van der Waals surface area contributed by atoms with Crippen LogP contribution in [0.1, 0.15) is 32.8 Å². The molecule has 1 aliphatic heterocycles. The Labute approximate surface area is 149 Å². The summed E-state index contributed by atoms with van der Waals surface area (Å²) in [6, 6.07) is 2.58. The summed E-state index contributed by atoms with van der Waals surface area (Å²) in [6.45, 7) is 6.86. The Morgan fingerprint density at radius 1 is 1.42 bits per heavy atom. The summed E-state index contributed by atoms with van der Waals surface area (Å²) in [5.41, 5.74) is -0.503. The molecular formula is C17H23BrF2N2O2. The highest BCUT2D eigenvalue weighted by atomic mass is 79.9. The lowest BCUT2D eigenvalue weighted by Crippen LogP contribution is -2.42. The van der Waals surface area contributed by atoms with E-state index in [4.69, 9.17) is 4.74 Å². The number of benzene rings is 1. The first kappa shape index (κ1) is 19.1. The number of hydrogen-bond acceptors (Lipinski definition) is 3. The largest absolute Gasteiger partial charge is 0.444 e. The van der Waals surface area contributed by atoms with Gasteiger partial charge < -0.3 is 9.64 Å². The van der Waals surface area contributed by atoms with Crippen molar-refractivity contribution < 1.29 is 18.3 Å². The summed E-state index contributed by atoms with van der Waals surface area (Å²) >= 11 is 3.08. The van der Waals surface area contributed by atoms with Crippen molar-refractivity contribution in [2.45, 2.75) is 45.4 Å². The van der Waals surface area contributed by atoms with Crippen LogP contribution in [-0.4, -0.2) is 47.7 Å². The maximum absolute atomic E-state index is 14.1. The highest BCUT2D eigenvalue weighted by Crippen LogP contribution is 2.25.